The summed E-state index contributed by atoms with van der Waals surface area (Å²) < 4.78 is 5.28. The van der Waals surface area contributed by atoms with Gasteiger partial charge in [-0.1, -0.05) is 11.6 Å². The molecular formula is C13H15ClN4O. The summed E-state index contributed by atoms with van der Waals surface area (Å²) >= 11 is 5.99. The predicted molar refractivity (Wildman–Crippen MR) is 77.6 cm³/mol. The molecule has 0 saturated carbocycles. The lowest BCUT2D eigenvalue weighted by atomic mass is 10.3. The van der Waals surface area contributed by atoms with Crippen LogP contribution in [0.1, 0.15) is 5.69 Å². The third kappa shape index (κ3) is 3.26. The van der Waals surface area contributed by atoms with Crippen LogP contribution in [0.25, 0.3) is 0 Å². The van der Waals surface area contributed by atoms with Crippen LogP contribution in [0.5, 0.6) is 5.75 Å². The smallest absolute Gasteiger partial charge is 0.224 e. The van der Waals surface area contributed by atoms with Crippen LogP contribution in [0.15, 0.2) is 24.3 Å². The van der Waals surface area contributed by atoms with E-state index in [1.807, 2.05) is 13.0 Å². The third-order valence-electron chi connectivity index (χ3n) is 2.50. The molecule has 0 aliphatic heterocycles. The molecule has 0 saturated heterocycles. The summed E-state index contributed by atoms with van der Waals surface area (Å²) in [4.78, 5) is 8.56. The van der Waals surface area contributed by atoms with Gasteiger partial charge in [0.05, 0.1) is 12.8 Å². The van der Waals surface area contributed by atoms with Gasteiger partial charge in [-0.15, -0.1) is 0 Å². The maximum Gasteiger partial charge on any atom is 0.224 e. The largest absolute Gasteiger partial charge is 0.495 e. The maximum atomic E-state index is 5.99. The van der Waals surface area contributed by atoms with Gasteiger partial charge >= 0.3 is 0 Å². The van der Waals surface area contributed by atoms with E-state index in [0.29, 0.717) is 22.5 Å². The van der Waals surface area contributed by atoms with Crippen molar-refractivity contribution >= 4 is 29.1 Å². The van der Waals surface area contributed by atoms with Gasteiger partial charge in [0.1, 0.15) is 11.6 Å². The fourth-order valence-corrected chi connectivity index (χ4v) is 1.83. The normalized spacial score (nSPS) is 10.1. The highest BCUT2D eigenvalue weighted by atomic mass is 35.5. The van der Waals surface area contributed by atoms with Gasteiger partial charge in [-0.2, -0.15) is 4.98 Å². The molecule has 0 atom stereocenters. The van der Waals surface area contributed by atoms with Crippen LogP contribution in [-0.2, 0) is 0 Å². The minimum absolute atomic E-state index is 0.559. The molecule has 0 radical (unpaired) electrons. The molecule has 6 heteroatoms. The number of nitrogens with one attached hydrogen (secondary N) is 2. The number of ether oxygens (including phenoxy) is 1. The molecule has 1 aromatic carbocycles. The van der Waals surface area contributed by atoms with Crippen molar-refractivity contribution in [3.05, 3.63) is 35.0 Å². The Kier molecular flexibility index (Phi) is 4.06. The quantitative estimate of drug-likeness (QED) is 0.899. The number of halogens is 1. The van der Waals surface area contributed by atoms with Gasteiger partial charge < -0.3 is 15.4 Å². The van der Waals surface area contributed by atoms with E-state index in [0.717, 1.165) is 11.4 Å². The van der Waals surface area contributed by atoms with Crippen LogP contribution in [0.4, 0.5) is 17.5 Å². The Morgan fingerprint density at radius 2 is 2.00 bits per heavy atom. The number of aromatic nitrogens is 2. The number of benzene rings is 1. The van der Waals surface area contributed by atoms with E-state index in [9.17, 15) is 0 Å². The minimum Gasteiger partial charge on any atom is -0.495 e. The fraction of sp³-hybridized carbons (Fsp3) is 0.231. The first-order chi connectivity index (χ1) is 9.12. The molecule has 0 aliphatic rings. The third-order valence-corrected chi connectivity index (χ3v) is 2.74. The summed E-state index contributed by atoms with van der Waals surface area (Å²) in [7, 11) is 3.39. The van der Waals surface area contributed by atoms with Crippen LogP contribution >= 0.6 is 11.6 Å². The Morgan fingerprint density at radius 1 is 1.21 bits per heavy atom. The summed E-state index contributed by atoms with van der Waals surface area (Å²) in [6.45, 7) is 1.91. The molecule has 2 N–H and O–H groups in total. The number of hydrogen-bond acceptors (Lipinski definition) is 5. The van der Waals surface area contributed by atoms with Crippen molar-refractivity contribution in [2.75, 3.05) is 24.8 Å². The van der Waals surface area contributed by atoms with Crippen molar-refractivity contribution in [3.63, 3.8) is 0 Å². The average molecular weight is 279 g/mol. The zero-order valence-electron chi connectivity index (χ0n) is 11.0. The summed E-state index contributed by atoms with van der Waals surface area (Å²) in [5.74, 6) is 1.94. The second kappa shape index (κ2) is 5.75. The Bertz CT molecular complexity index is 589. The minimum atomic E-state index is 0.559. The van der Waals surface area contributed by atoms with Crippen molar-refractivity contribution in [1.82, 2.24) is 9.97 Å². The fourth-order valence-electron chi connectivity index (χ4n) is 1.66. The lowest BCUT2D eigenvalue weighted by molar-refractivity contribution is 0.417. The van der Waals surface area contributed by atoms with Crippen LogP contribution < -0.4 is 15.4 Å². The second-order valence-electron chi connectivity index (χ2n) is 3.94. The Morgan fingerprint density at radius 3 is 2.68 bits per heavy atom. The molecule has 2 rings (SSSR count). The molecule has 0 amide bonds. The summed E-state index contributed by atoms with van der Waals surface area (Å²) in [6, 6.07) is 7.21. The van der Waals surface area contributed by atoms with Crippen molar-refractivity contribution in [1.29, 1.82) is 0 Å². The monoisotopic (exact) mass is 278 g/mol. The number of nitrogens with zero attached hydrogens (tertiary/aromatic N) is 2. The molecule has 0 spiro atoms. The number of methoxy groups -OCH3 is 1. The second-order valence-corrected chi connectivity index (χ2v) is 4.37. The first-order valence-corrected chi connectivity index (χ1v) is 6.14. The molecule has 0 fully saturated rings. The summed E-state index contributed by atoms with van der Waals surface area (Å²) in [5.41, 5.74) is 1.62. The zero-order chi connectivity index (χ0) is 13.8. The van der Waals surface area contributed by atoms with Gasteiger partial charge in [0.15, 0.2) is 0 Å². The molecule has 1 aromatic heterocycles. The van der Waals surface area contributed by atoms with Crippen LogP contribution in [0.2, 0.25) is 5.02 Å². The van der Waals surface area contributed by atoms with E-state index in [-0.39, 0.29) is 0 Å². The lowest BCUT2D eigenvalue weighted by Gasteiger charge is -2.12. The molecule has 100 valence electrons. The van der Waals surface area contributed by atoms with Crippen molar-refractivity contribution < 1.29 is 4.74 Å². The van der Waals surface area contributed by atoms with Gasteiger partial charge in [0, 0.05) is 23.8 Å². The van der Waals surface area contributed by atoms with Gasteiger partial charge in [-0.05, 0) is 25.1 Å². The summed E-state index contributed by atoms with van der Waals surface area (Å²) in [5, 5.41) is 6.72. The van der Waals surface area contributed by atoms with E-state index in [1.54, 1.807) is 32.4 Å². The van der Waals surface area contributed by atoms with Gasteiger partial charge in [0.25, 0.3) is 0 Å². The van der Waals surface area contributed by atoms with E-state index < -0.39 is 0 Å². The molecule has 5 nitrogen and oxygen atoms in total. The van der Waals surface area contributed by atoms with E-state index in [2.05, 4.69) is 20.6 Å². The zero-order valence-corrected chi connectivity index (χ0v) is 11.7. The number of hydrogen-bond donors (Lipinski definition) is 2. The molecule has 0 unspecified atom stereocenters. The SMILES string of the molecule is CNc1nc(C)cc(Nc2cc(Cl)ccc2OC)n1. The molecule has 0 bridgehead atoms. The highest BCUT2D eigenvalue weighted by Gasteiger charge is 2.06. The Hall–Kier alpha value is -2.01. The summed E-state index contributed by atoms with van der Waals surface area (Å²) in [6.07, 6.45) is 0. The van der Waals surface area contributed by atoms with Gasteiger partial charge in [-0.25, -0.2) is 4.98 Å². The molecule has 0 aliphatic carbocycles. The van der Waals surface area contributed by atoms with Crippen molar-refractivity contribution in [3.8, 4) is 5.75 Å². The highest BCUT2D eigenvalue weighted by Crippen LogP contribution is 2.30. The van der Waals surface area contributed by atoms with Gasteiger partial charge in [-0.3, -0.25) is 0 Å². The lowest BCUT2D eigenvalue weighted by Crippen LogP contribution is -2.02. The Labute approximate surface area is 117 Å². The number of aryl methyl sites for hydroxylation is 1. The van der Waals surface area contributed by atoms with Crippen molar-refractivity contribution in [2.24, 2.45) is 0 Å². The molecule has 1 heterocycles. The van der Waals surface area contributed by atoms with Crippen LogP contribution in [0, 0.1) is 6.92 Å². The molecular weight excluding hydrogens is 264 g/mol. The van der Waals surface area contributed by atoms with E-state index in [4.69, 9.17) is 16.3 Å². The van der Waals surface area contributed by atoms with Gasteiger partial charge in [0.2, 0.25) is 5.95 Å². The first-order valence-electron chi connectivity index (χ1n) is 5.76. The topological polar surface area (TPSA) is 59.1 Å². The van der Waals surface area contributed by atoms with E-state index >= 15 is 0 Å². The van der Waals surface area contributed by atoms with E-state index in [1.165, 1.54) is 0 Å². The highest BCUT2D eigenvalue weighted by molar-refractivity contribution is 6.31. The molecule has 2 aromatic rings. The van der Waals surface area contributed by atoms with Crippen LogP contribution in [0.3, 0.4) is 0 Å². The first kappa shape index (κ1) is 13.4. The number of rotatable bonds is 4. The van der Waals surface area contributed by atoms with Crippen molar-refractivity contribution in [2.45, 2.75) is 6.92 Å². The average Bonchev–Trinajstić information content (AvgIpc) is 2.38. The standard InChI is InChI=1S/C13H15ClN4O/c1-8-6-12(18-13(15-2)16-8)17-10-7-9(14)4-5-11(10)19-3/h4-7H,1-3H3,(H2,15,16,17,18). The number of anilines is 3. The Balaban J connectivity index is 2.35. The predicted octanol–water partition coefficient (Wildman–Crippen LogP) is 3.23. The van der Waals surface area contributed by atoms with Crippen LogP contribution in [-0.4, -0.2) is 24.1 Å². The molecule has 19 heavy (non-hydrogen) atoms. The maximum absolute atomic E-state index is 5.99.